The molecular formula is C20H28N4O. The van der Waals surface area contributed by atoms with Crippen LogP contribution < -0.4 is 0 Å². The van der Waals surface area contributed by atoms with E-state index in [0.717, 1.165) is 42.9 Å². The number of carbonyl (C=O) groups excluding carboxylic acids is 1. The Morgan fingerprint density at radius 3 is 2.84 bits per heavy atom. The van der Waals surface area contributed by atoms with Crippen LogP contribution in [0.15, 0.2) is 24.3 Å². The van der Waals surface area contributed by atoms with E-state index in [1.807, 2.05) is 29.2 Å². The molecule has 2 heterocycles. The predicted molar refractivity (Wildman–Crippen MR) is 99.5 cm³/mol. The van der Waals surface area contributed by atoms with Gasteiger partial charge in [0.05, 0.1) is 5.52 Å². The molecule has 134 valence electrons. The molecule has 0 bridgehead atoms. The van der Waals surface area contributed by atoms with E-state index in [4.69, 9.17) is 0 Å². The number of nitrogens with one attached hydrogen (secondary N) is 1. The molecule has 2 fully saturated rings. The van der Waals surface area contributed by atoms with Gasteiger partial charge in [0.1, 0.15) is 0 Å². The summed E-state index contributed by atoms with van der Waals surface area (Å²) in [5.41, 5.74) is 1.49. The van der Waals surface area contributed by atoms with Gasteiger partial charge in [-0.25, -0.2) is 0 Å². The number of fused-ring (bicyclic) bond motifs is 1. The van der Waals surface area contributed by atoms with Crippen molar-refractivity contribution in [3.05, 3.63) is 30.0 Å². The van der Waals surface area contributed by atoms with Crippen molar-refractivity contribution in [2.45, 2.75) is 39.2 Å². The fourth-order valence-electron chi connectivity index (χ4n) is 4.01. The minimum absolute atomic E-state index is 0.0661. The van der Waals surface area contributed by atoms with Crippen molar-refractivity contribution < 1.29 is 4.79 Å². The first-order chi connectivity index (χ1) is 12.1. The Kier molecular flexibility index (Phi) is 4.50. The number of para-hydroxylation sites is 1. The van der Waals surface area contributed by atoms with Crippen LogP contribution in [-0.4, -0.2) is 58.1 Å². The van der Waals surface area contributed by atoms with E-state index in [1.54, 1.807) is 0 Å². The van der Waals surface area contributed by atoms with Gasteiger partial charge in [-0.15, -0.1) is 0 Å². The van der Waals surface area contributed by atoms with Gasteiger partial charge in [-0.05, 0) is 37.2 Å². The predicted octanol–water partition coefficient (Wildman–Crippen LogP) is 3.15. The van der Waals surface area contributed by atoms with Crippen LogP contribution >= 0.6 is 0 Å². The van der Waals surface area contributed by atoms with Gasteiger partial charge >= 0.3 is 0 Å². The number of H-pyrrole nitrogens is 1. The van der Waals surface area contributed by atoms with Gasteiger partial charge in [-0.3, -0.25) is 14.8 Å². The first kappa shape index (κ1) is 16.6. The Balaban J connectivity index is 1.55. The molecule has 5 heteroatoms. The minimum Gasteiger partial charge on any atom is -0.336 e. The molecule has 1 saturated carbocycles. The molecule has 1 saturated heterocycles. The van der Waals surface area contributed by atoms with Gasteiger partial charge in [-0.1, -0.05) is 32.0 Å². The Morgan fingerprint density at radius 1 is 1.28 bits per heavy atom. The summed E-state index contributed by atoms with van der Waals surface area (Å²) in [5, 5.41) is 8.24. The van der Waals surface area contributed by atoms with Crippen molar-refractivity contribution in [3.63, 3.8) is 0 Å². The van der Waals surface area contributed by atoms with Crippen LogP contribution in [-0.2, 0) is 0 Å². The van der Waals surface area contributed by atoms with Gasteiger partial charge in [0.25, 0.3) is 5.91 Å². The quantitative estimate of drug-likeness (QED) is 0.930. The second-order valence-corrected chi connectivity index (χ2v) is 7.97. The maximum Gasteiger partial charge on any atom is 0.275 e. The third kappa shape index (κ3) is 3.43. The summed E-state index contributed by atoms with van der Waals surface area (Å²) in [6.45, 7) is 8.50. The number of amides is 1. The molecule has 1 unspecified atom stereocenters. The van der Waals surface area contributed by atoms with Crippen LogP contribution in [0.4, 0.5) is 0 Å². The normalized spacial score (nSPS) is 22.5. The van der Waals surface area contributed by atoms with Crippen LogP contribution in [0, 0.1) is 11.8 Å². The second kappa shape index (κ2) is 6.79. The molecule has 2 aromatic rings. The summed E-state index contributed by atoms with van der Waals surface area (Å²) < 4.78 is 0. The number of nitrogens with zero attached hydrogens (tertiary/aromatic N) is 3. The molecule has 0 radical (unpaired) electrons. The van der Waals surface area contributed by atoms with Crippen molar-refractivity contribution >= 4 is 16.8 Å². The highest BCUT2D eigenvalue weighted by atomic mass is 16.2. The average molecular weight is 340 g/mol. The van der Waals surface area contributed by atoms with Crippen LogP contribution in [0.5, 0.6) is 0 Å². The van der Waals surface area contributed by atoms with E-state index in [0.29, 0.717) is 17.7 Å². The van der Waals surface area contributed by atoms with Crippen molar-refractivity contribution in [1.29, 1.82) is 0 Å². The van der Waals surface area contributed by atoms with Crippen LogP contribution in [0.3, 0.4) is 0 Å². The molecule has 1 N–H and O–H groups in total. The van der Waals surface area contributed by atoms with E-state index < -0.39 is 0 Å². The van der Waals surface area contributed by atoms with Crippen molar-refractivity contribution in [2.24, 2.45) is 11.8 Å². The molecule has 1 aliphatic heterocycles. The maximum absolute atomic E-state index is 13.2. The maximum atomic E-state index is 13.2. The summed E-state index contributed by atoms with van der Waals surface area (Å²) in [6, 6.07) is 8.31. The highest BCUT2D eigenvalue weighted by Crippen LogP contribution is 2.32. The number of carbonyl (C=O) groups is 1. The zero-order chi connectivity index (χ0) is 17.4. The lowest BCUT2D eigenvalue weighted by atomic mass is 10.0. The lowest BCUT2D eigenvalue weighted by Crippen LogP contribution is -2.46. The Bertz CT molecular complexity index is 749. The van der Waals surface area contributed by atoms with Gasteiger partial charge < -0.3 is 4.90 Å². The molecule has 1 aromatic carbocycles. The van der Waals surface area contributed by atoms with Crippen molar-refractivity contribution in [3.8, 4) is 0 Å². The highest BCUT2D eigenvalue weighted by molar-refractivity contribution is 6.04. The number of benzene rings is 1. The van der Waals surface area contributed by atoms with Crippen molar-refractivity contribution in [1.82, 2.24) is 20.0 Å². The molecule has 5 nitrogen and oxygen atoms in total. The van der Waals surface area contributed by atoms with E-state index in [2.05, 4.69) is 28.9 Å². The molecule has 1 aromatic heterocycles. The first-order valence-electron chi connectivity index (χ1n) is 9.60. The van der Waals surface area contributed by atoms with Gasteiger partial charge in [0, 0.05) is 37.6 Å². The third-order valence-corrected chi connectivity index (χ3v) is 5.67. The molecule has 25 heavy (non-hydrogen) atoms. The van der Waals surface area contributed by atoms with E-state index in [9.17, 15) is 4.79 Å². The van der Waals surface area contributed by atoms with Crippen molar-refractivity contribution in [2.75, 3.05) is 26.2 Å². The first-order valence-corrected chi connectivity index (χ1v) is 9.60. The fourth-order valence-corrected chi connectivity index (χ4v) is 4.01. The highest BCUT2D eigenvalue weighted by Gasteiger charge is 2.34. The van der Waals surface area contributed by atoms with E-state index in [-0.39, 0.29) is 5.91 Å². The van der Waals surface area contributed by atoms with Crippen LogP contribution in [0.25, 0.3) is 10.9 Å². The molecule has 2 aliphatic rings. The Labute approximate surface area is 149 Å². The van der Waals surface area contributed by atoms with Crippen LogP contribution in [0.1, 0.15) is 43.6 Å². The number of rotatable bonds is 4. The number of aromatic amines is 1. The zero-order valence-corrected chi connectivity index (χ0v) is 15.2. The SMILES string of the molecule is CC(C)C1CN(C(=O)c2n[nH]c3ccccc23)CCCN1CC1CC1. The fraction of sp³-hybridized carbons (Fsp3) is 0.600. The van der Waals surface area contributed by atoms with Gasteiger partial charge in [0.2, 0.25) is 0 Å². The smallest absolute Gasteiger partial charge is 0.275 e. The number of aromatic nitrogens is 2. The number of hydrogen-bond acceptors (Lipinski definition) is 3. The zero-order valence-electron chi connectivity index (χ0n) is 15.2. The lowest BCUT2D eigenvalue weighted by molar-refractivity contribution is 0.0700. The largest absolute Gasteiger partial charge is 0.336 e. The average Bonchev–Trinajstić information content (AvgIpc) is 3.36. The van der Waals surface area contributed by atoms with Gasteiger partial charge in [0.15, 0.2) is 5.69 Å². The lowest BCUT2D eigenvalue weighted by Gasteiger charge is -2.34. The summed E-state index contributed by atoms with van der Waals surface area (Å²) in [4.78, 5) is 17.8. The van der Waals surface area contributed by atoms with Gasteiger partial charge in [-0.2, -0.15) is 5.10 Å². The Morgan fingerprint density at radius 2 is 2.08 bits per heavy atom. The molecule has 1 amide bonds. The number of hydrogen-bond donors (Lipinski definition) is 1. The molecular weight excluding hydrogens is 312 g/mol. The standard InChI is InChI=1S/C20H28N4O/c1-14(2)18-13-24(11-5-10-23(18)12-15-8-9-15)20(25)19-16-6-3-4-7-17(16)21-22-19/h3-4,6-7,14-15,18H,5,8-13H2,1-2H3,(H,21,22). The Hall–Kier alpha value is -1.88. The summed E-state index contributed by atoms with van der Waals surface area (Å²) in [7, 11) is 0. The molecule has 0 spiro atoms. The van der Waals surface area contributed by atoms with Crippen LogP contribution in [0.2, 0.25) is 0 Å². The summed E-state index contributed by atoms with van der Waals surface area (Å²) in [6.07, 6.45) is 3.80. The van der Waals surface area contributed by atoms with E-state index >= 15 is 0 Å². The molecule has 1 atom stereocenters. The summed E-state index contributed by atoms with van der Waals surface area (Å²) in [5.74, 6) is 1.50. The molecule has 1 aliphatic carbocycles. The topological polar surface area (TPSA) is 52.2 Å². The monoisotopic (exact) mass is 340 g/mol. The molecule has 4 rings (SSSR count). The minimum atomic E-state index is 0.0661. The summed E-state index contributed by atoms with van der Waals surface area (Å²) >= 11 is 0. The van der Waals surface area contributed by atoms with E-state index in [1.165, 1.54) is 19.4 Å². The second-order valence-electron chi connectivity index (χ2n) is 7.97. The third-order valence-electron chi connectivity index (χ3n) is 5.67.